The van der Waals surface area contributed by atoms with Crippen molar-refractivity contribution in [3.8, 4) is 0 Å². The van der Waals surface area contributed by atoms with Crippen LogP contribution in [0.15, 0.2) is 12.3 Å². The average molecular weight is 294 g/mol. The lowest BCUT2D eigenvalue weighted by atomic mass is 9.97. The molecule has 2 rings (SSSR count). The van der Waals surface area contributed by atoms with Gasteiger partial charge in [-0.15, -0.1) is 0 Å². The normalized spacial score (nSPS) is 20.7. The van der Waals surface area contributed by atoms with Gasteiger partial charge in [-0.05, 0) is 24.5 Å². The maximum Gasteiger partial charge on any atom is 0.393 e. The standard InChI is InChI=1S/C12H15ClF3N3/c13-10-6-18-11(4-8(10)5-17)19-3-1-2-9(7-19)12(14,15)16/h4,6,9H,1-3,5,7,17H2. The molecule has 7 heteroatoms. The van der Waals surface area contributed by atoms with E-state index in [1.54, 1.807) is 11.0 Å². The number of anilines is 1. The van der Waals surface area contributed by atoms with Crippen molar-refractivity contribution in [1.82, 2.24) is 4.98 Å². The van der Waals surface area contributed by atoms with Crippen molar-refractivity contribution in [2.75, 3.05) is 18.0 Å². The average Bonchev–Trinajstić information content (AvgIpc) is 2.38. The van der Waals surface area contributed by atoms with E-state index in [4.69, 9.17) is 17.3 Å². The van der Waals surface area contributed by atoms with E-state index in [1.807, 2.05) is 0 Å². The topological polar surface area (TPSA) is 42.1 Å². The Morgan fingerprint density at radius 2 is 2.21 bits per heavy atom. The van der Waals surface area contributed by atoms with Crippen LogP contribution >= 0.6 is 11.6 Å². The summed E-state index contributed by atoms with van der Waals surface area (Å²) in [6.07, 6.45) is -2.03. The number of halogens is 4. The van der Waals surface area contributed by atoms with Crippen LogP contribution in [0.4, 0.5) is 19.0 Å². The number of alkyl halides is 3. The van der Waals surface area contributed by atoms with Gasteiger partial charge in [0.2, 0.25) is 0 Å². The SMILES string of the molecule is NCc1cc(N2CCCC(C(F)(F)F)C2)ncc1Cl. The Hall–Kier alpha value is -1.01. The summed E-state index contributed by atoms with van der Waals surface area (Å²) in [6, 6.07) is 1.67. The van der Waals surface area contributed by atoms with Gasteiger partial charge >= 0.3 is 6.18 Å². The smallest absolute Gasteiger partial charge is 0.356 e. The fraction of sp³-hybridized carbons (Fsp3) is 0.583. The van der Waals surface area contributed by atoms with Crippen LogP contribution in [0, 0.1) is 5.92 Å². The van der Waals surface area contributed by atoms with Crippen molar-refractivity contribution < 1.29 is 13.2 Å². The number of pyridine rings is 1. The first-order valence-electron chi connectivity index (χ1n) is 6.08. The summed E-state index contributed by atoms with van der Waals surface area (Å²) < 4.78 is 38.3. The first-order valence-corrected chi connectivity index (χ1v) is 6.45. The molecule has 2 N–H and O–H groups in total. The van der Waals surface area contributed by atoms with E-state index >= 15 is 0 Å². The molecule has 1 aliphatic rings. The lowest BCUT2D eigenvalue weighted by Gasteiger charge is -2.34. The molecule has 1 saturated heterocycles. The third-order valence-electron chi connectivity index (χ3n) is 3.35. The van der Waals surface area contributed by atoms with Gasteiger partial charge in [0.05, 0.1) is 10.9 Å². The Morgan fingerprint density at radius 1 is 1.47 bits per heavy atom. The summed E-state index contributed by atoms with van der Waals surface area (Å²) in [6.45, 7) is 0.762. The van der Waals surface area contributed by atoms with Crippen molar-refractivity contribution >= 4 is 17.4 Å². The summed E-state index contributed by atoms with van der Waals surface area (Å²) in [4.78, 5) is 5.75. The van der Waals surface area contributed by atoms with Gasteiger partial charge in [0.15, 0.2) is 0 Å². The van der Waals surface area contributed by atoms with Gasteiger partial charge in [-0.1, -0.05) is 11.6 Å². The highest BCUT2D eigenvalue weighted by Crippen LogP contribution is 2.34. The summed E-state index contributed by atoms with van der Waals surface area (Å²) in [7, 11) is 0. The maximum atomic E-state index is 12.8. The summed E-state index contributed by atoms with van der Waals surface area (Å²) in [5.41, 5.74) is 6.23. The van der Waals surface area contributed by atoms with Gasteiger partial charge < -0.3 is 10.6 Å². The molecule has 19 heavy (non-hydrogen) atoms. The van der Waals surface area contributed by atoms with E-state index in [2.05, 4.69) is 4.98 Å². The number of nitrogens with two attached hydrogens (primary N) is 1. The van der Waals surface area contributed by atoms with Crippen molar-refractivity contribution in [3.63, 3.8) is 0 Å². The molecule has 0 amide bonds. The molecule has 1 unspecified atom stereocenters. The molecule has 0 spiro atoms. The predicted molar refractivity (Wildman–Crippen MR) is 68.1 cm³/mol. The number of hydrogen-bond donors (Lipinski definition) is 1. The summed E-state index contributed by atoms with van der Waals surface area (Å²) in [5, 5.41) is 0.440. The molecule has 0 saturated carbocycles. The molecule has 1 aromatic rings. The van der Waals surface area contributed by atoms with E-state index in [0.717, 1.165) is 0 Å². The molecule has 106 valence electrons. The fourth-order valence-corrected chi connectivity index (χ4v) is 2.43. The second-order valence-electron chi connectivity index (χ2n) is 4.66. The zero-order chi connectivity index (χ0) is 14.0. The van der Waals surface area contributed by atoms with Crippen molar-refractivity contribution in [1.29, 1.82) is 0 Å². The molecular formula is C12H15ClF3N3. The Balaban J connectivity index is 2.17. The zero-order valence-electron chi connectivity index (χ0n) is 10.3. The van der Waals surface area contributed by atoms with Crippen LogP contribution in [0.25, 0.3) is 0 Å². The molecule has 1 aliphatic heterocycles. The monoisotopic (exact) mass is 293 g/mol. The zero-order valence-corrected chi connectivity index (χ0v) is 11.0. The number of piperidine rings is 1. The Kier molecular flexibility index (Phi) is 4.20. The van der Waals surface area contributed by atoms with Crippen LogP contribution in [-0.2, 0) is 6.54 Å². The third kappa shape index (κ3) is 3.30. The van der Waals surface area contributed by atoms with Gasteiger partial charge in [-0.3, -0.25) is 0 Å². The summed E-state index contributed by atoms with van der Waals surface area (Å²) >= 11 is 5.90. The van der Waals surface area contributed by atoms with Gasteiger partial charge in [0.25, 0.3) is 0 Å². The largest absolute Gasteiger partial charge is 0.393 e. The number of nitrogens with zero attached hydrogens (tertiary/aromatic N) is 2. The van der Waals surface area contributed by atoms with Crippen molar-refractivity contribution in [3.05, 3.63) is 22.8 Å². The second kappa shape index (κ2) is 5.54. The van der Waals surface area contributed by atoms with Crippen LogP contribution in [0.3, 0.4) is 0 Å². The van der Waals surface area contributed by atoms with E-state index < -0.39 is 12.1 Å². The molecular weight excluding hydrogens is 279 g/mol. The molecule has 2 heterocycles. The lowest BCUT2D eigenvalue weighted by molar-refractivity contribution is -0.176. The van der Waals surface area contributed by atoms with Crippen LogP contribution in [0.5, 0.6) is 0 Å². The second-order valence-corrected chi connectivity index (χ2v) is 5.07. The highest BCUT2D eigenvalue weighted by Gasteiger charge is 2.42. The molecule has 3 nitrogen and oxygen atoms in total. The number of hydrogen-bond acceptors (Lipinski definition) is 3. The maximum absolute atomic E-state index is 12.8. The Morgan fingerprint density at radius 3 is 2.84 bits per heavy atom. The first-order chi connectivity index (χ1) is 8.91. The van der Waals surface area contributed by atoms with E-state index in [9.17, 15) is 13.2 Å². The highest BCUT2D eigenvalue weighted by atomic mass is 35.5. The molecule has 1 atom stereocenters. The molecule has 0 bridgehead atoms. The predicted octanol–water partition coefficient (Wildman–Crippen LogP) is 2.97. The lowest BCUT2D eigenvalue weighted by Crippen LogP contribution is -2.42. The minimum Gasteiger partial charge on any atom is -0.356 e. The highest BCUT2D eigenvalue weighted by molar-refractivity contribution is 6.31. The van der Waals surface area contributed by atoms with Gasteiger partial charge in [-0.2, -0.15) is 13.2 Å². The molecule has 0 aliphatic carbocycles. The van der Waals surface area contributed by atoms with Crippen LogP contribution in [-0.4, -0.2) is 24.2 Å². The molecule has 0 radical (unpaired) electrons. The van der Waals surface area contributed by atoms with Gasteiger partial charge in [-0.25, -0.2) is 4.98 Å². The van der Waals surface area contributed by atoms with Gasteiger partial charge in [0, 0.05) is 25.8 Å². The van der Waals surface area contributed by atoms with Crippen LogP contribution in [0.1, 0.15) is 18.4 Å². The summed E-state index contributed by atoms with van der Waals surface area (Å²) in [5.74, 6) is -0.779. The van der Waals surface area contributed by atoms with Crippen molar-refractivity contribution in [2.24, 2.45) is 11.7 Å². The minimum atomic E-state index is -4.15. The molecule has 1 aromatic heterocycles. The Bertz CT molecular complexity index is 450. The van der Waals surface area contributed by atoms with Crippen LogP contribution < -0.4 is 10.6 Å². The quantitative estimate of drug-likeness (QED) is 0.911. The van der Waals surface area contributed by atoms with Crippen LogP contribution in [0.2, 0.25) is 5.02 Å². The van der Waals surface area contributed by atoms with Crippen molar-refractivity contribution in [2.45, 2.75) is 25.6 Å². The van der Waals surface area contributed by atoms with E-state index in [1.165, 1.54) is 6.20 Å². The fourth-order valence-electron chi connectivity index (χ4n) is 2.25. The minimum absolute atomic E-state index is 0.0534. The third-order valence-corrected chi connectivity index (χ3v) is 3.69. The molecule has 1 fully saturated rings. The first kappa shape index (κ1) is 14.4. The Labute approximate surface area is 114 Å². The van der Waals surface area contributed by atoms with Gasteiger partial charge in [0.1, 0.15) is 5.82 Å². The molecule has 0 aromatic carbocycles. The van der Waals surface area contributed by atoms with E-state index in [-0.39, 0.29) is 19.5 Å². The number of aromatic nitrogens is 1. The number of rotatable bonds is 2. The van der Waals surface area contributed by atoms with E-state index in [0.29, 0.717) is 29.4 Å².